The summed E-state index contributed by atoms with van der Waals surface area (Å²) in [5.74, 6) is -1.90. The zero-order chi connectivity index (χ0) is 14.3. The van der Waals surface area contributed by atoms with Crippen LogP contribution in [0.2, 0.25) is 0 Å². The van der Waals surface area contributed by atoms with Crippen LogP contribution in [0, 0.1) is 0 Å². The number of amides is 1. The Morgan fingerprint density at radius 2 is 1.95 bits per heavy atom. The molecule has 2 N–H and O–H groups in total. The minimum Gasteiger partial charge on any atom is -0.480 e. The molecule has 1 atom stereocenters. The second-order valence-electron chi connectivity index (χ2n) is 3.87. The molecule has 6 heteroatoms. The summed E-state index contributed by atoms with van der Waals surface area (Å²) < 4.78 is 0. The molecule has 0 aromatic heterocycles. The van der Waals surface area contributed by atoms with E-state index < -0.39 is 24.5 Å². The van der Waals surface area contributed by atoms with Crippen molar-refractivity contribution < 1.29 is 24.6 Å². The summed E-state index contributed by atoms with van der Waals surface area (Å²) >= 11 is 0. The molecule has 1 rings (SSSR count). The van der Waals surface area contributed by atoms with E-state index in [1.54, 1.807) is 30.3 Å². The van der Waals surface area contributed by atoms with Gasteiger partial charge >= 0.3 is 5.97 Å². The van der Waals surface area contributed by atoms with E-state index in [1.165, 1.54) is 0 Å². The van der Waals surface area contributed by atoms with Crippen LogP contribution in [0.4, 0.5) is 0 Å². The Morgan fingerprint density at radius 3 is 2.42 bits per heavy atom. The van der Waals surface area contributed by atoms with E-state index in [-0.39, 0.29) is 6.61 Å². The molecule has 0 bridgehead atoms. The highest BCUT2D eigenvalue weighted by molar-refractivity contribution is 5.95. The largest absolute Gasteiger partial charge is 0.480 e. The van der Waals surface area contributed by atoms with Gasteiger partial charge in [0.05, 0.1) is 13.2 Å². The number of carboxylic acids is 1. The summed E-state index contributed by atoms with van der Waals surface area (Å²) in [5.41, 5.74) is 0.304. The number of hydrogen-bond donors (Lipinski definition) is 2. The normalized spacial score (nSPS) is 11.9. The van der Waals surface area contributed by atoms with Crippen molar-refractivity contribution in [1.82, 2.24) is 5.06 Å². The molecule has 0 aliphatic heterocycles. The summed E-state index contributed by atoms with van der Waals surface area (Å²) in [6, 6.07) is 6.77. The maximum Gasteiger partial charge on any atom is 0.331 e. The molecule has 6 nitrogen and oxygen atoms in total. The first-order valence-electron chi connectivity index (χ1n) is 5.97. The molecule has 0 aliphatic carbocycles. The average Bonchev–Trinajstić information content (AvgIpc) is 2.43. The molecule has 0 saturated heterocycles. The van der Waals surface area contributed by atoms with Crippen molar-refractivity contribution in [2.75, 3.05) is 13.2 Å². The molecule has 104 valence electrons. The van der Waals surface area contributed by atoms with Gasteiger partial charge in [-0.15, -0.1) is 0 Å². The fourth-order valence-electron chi connectivity index (χ4n) is 1.44. The summed E-state index contributed by atoms with van der Waals surface area (Å²) in [5, 5.41) is 18.8. The minimum atomic E-state index is -1.42. The number of carbonyl (C=O) groups excluding carboxylic acids is 1. The number of aliphatic hydroxyl groups excluding tert-OH is 1. The van der Waals surface area contributed by atoms with E-state index >= 15 is 0 Å². The predicted molar refractivity (Wildman–Crippen MR) is 67.4 cm³/mol. The van der Waals surface area contributed by atoms with Crippen LogP contribution in [-0.2, 0) is 9.63 Å². The van der Waals surface area contributed by atoms with Gasteiger partial charge in [-0.2, -0.15) is 0 Å². The molecule has 0 aliphatic rings. The van der Waals surface area contributed by atoms with Crippen LogP contribution in [0.5, 0.6) is 0 Å². The number of carbonyl (C=O) groups is 2. The standard InChI is InChI=1S/C13H17NO5/c1-2-8-19-14(11(9-15)13(17)18)12(16)10-6-4-3-5-7-10/h3-7,11,15H,2,8-9H2,1H3,(H,17,18). The van der Waals surface area contributed by atoms with Crippen LogP contribution in [0.15, 0.2) is 30.3 Å². The fourth-order valence-corrected chi connectivity index (χ4v) is 1.44. The zero-order valence-corrected chi connectivity index (χ0v) is 10.7. The fraction of sp³-hybridized carbons (Fsp3) is 0.385. The minimum absolute atomic E-state index is 0.197. The van der Waals surface area contributed by atoms with Crippen LogP contribution in [0.3, 0.4) is 0 Å². The first-order valence-corrected chi connectivity index (χ1v) is 5.97. The number of carboxylic acid groups (broad SMARTS) is 1. The Balaban J connectivity index is 2.96. The summed E-state index contributed by atoms with van der Waals surface area (Å²) in [6.07, 6.45) is 0.621. The van der Waals surface area contributed by atoms with Crippen LogP contribution < -0.4 is 0 Å². The third-order valence-electron chi connectivity index (χ3n) is 2.40. The molecule has 1 amide bonds. The van der Waals surface area contributed by atoms with E-state index in [0.29, 0.717) is 12.0 Å². The Kier molecular flexibility index (Phi) is 5.98. The number of aliphatic carboxylic acids is 1. The predicted octanol–water partition coefficient (Wildman–Crippen LogP) is 0.916. The number of nitrogens with zero attached hydrogens (tertiary/aromatic N) is 1. The Bertz CT molecular complexity index is 420. The molecule has 0 saturated carbocycles. The van der Waals surface area contributed by atoms with Crippen molar-refractivity contribution in [3.63, 3.8) is 0 Å². The quantitative estimate of drug-likeness (QED) is 0.717. The van der Waals surface area contributed by atoms with Gasteiger partial charge in [-0.25, -0.2) is 9.86 Å². The smallest absolute Gasteiger partial charge is 0.331 e. The number of aliphatic hydroxyl groups is 1. The molecule has 19 heavy (non-hydrogen) atoms. The number of rotatable bonds is 7. The van der Waals surface area contributed by atoms with Gasteiger partial charge in [0, 0.05) is 5.56 Å². The van der Waals surface area contributed by atoms with Gasteiger partial charge < -0.3 is 10.2 Å². The first kappa shape index (κ1) is 15.1. The number of hydrogen-bond acceptors (Lipinski definition) is 4. The summed E-state index contributed by atoms with van der Waals surface area (Å²) in [7, 11) is 0. The molecule has 0 spiro atoms. The summed E-state index contributed by atoms with van der Waals surface area (Å²) in [4.78, 5) is 28.4. The van der Waals surface area contributed by atoms with Crippen LogP contribution >= 0.6 is 0 Å². The highest BCUT2D eigenvalue weighted by Gasteiger charge is 2.31. The van der Waals surface area contributed by atoms with Crippen LogP contribution in [-0.4, -0.2) is 46.4 Å². The molecule has 0 radical (unpaired) electrons. The maximum atomic E-state index is 12.2. The zero-order valence-electron chi connectivity index (χ0n) is 10.7. The van der Waals surface area contributed by atoms with Gasteiger partial charge in [-0.05, 0) is 18.6 Å². The third kappa shape index (κ3) is 4.04. The molecular formula is C13H17NO5. The first-order chi connectivity index (χ1) is 9.11. The maximum absolute atomic E-state index is 12.2. The summed E-state index contributed by atoms with van der Waals surface area (Å²) in [6.45, 7) is 1.32. The molecule has 0 heterocycles. The van der Waals surface area contributed by atoms with Crippen molar-refractivity contribution >= 4 is 11.9 Å². The van der Waals surface area contributed by atoms with Gasteiger partial charge in [0.1, 0.15) is 0 Å². The van der Waals surface area contributed by atoms with Crippen molar-refractivity contribution in [1.29, 1.82) is 0 Å². The number of hydroxylamine groups is 2. The highest BCUT2D eigenvalue weighted by Crippen LogP contribution is 2.10. The van der Waals surface area contributed by atoms with Gasteiger partial charge in [0.25, 0.3) is 5.91 Å². The van der Waals surface area contributed by atoms with Crippen molar-refractivity contribution in [3.05, 3.63) is 35.9 Å². The van der Waals surface area contributed by atoms with Gasteiger partial charge in [0.15, 0.2) is 6.04 Å². The Morgan fingerprint density at radius 1 is 1.32 bits per heavy atom. The Labute approximate surface area is 111 Å². The molecule has 0 fully saturated rings. The lowest BCUT2D eigenvalue weighted by Gasteiger charge is -2.26. The van der Waals surface area contributed by atoms with Gasteiger partial charge in [-0.1, -0.05) is 25.1 Å². The SMILES string of the molecule is CCCON(C(=O)c1ccccc1)C(CO)C(=O)O. The molecule has 1 aromatic carbocycles. The van der Waals surface area contributed by atoms with Gasteiger partial charge in [-0.3, -0.25) is 9.63 Å². The monoisotopic (exact) mass is 267 g/mol. The van der Waals surface area contributed by atoms with E-state index in [4.69, 9.17) is 15.1 Å². The second-order valence-corrected chi connectivity index (χ2v) is 3.87. The van der Waals surface area contributed by atoms with Crippen LogP contribution in [0.25, 0.3) is 0 Å². The van der Waals surface area contributed by atoms with Crippen molar-refractivity contribution in [3.8, 4) is 0 Å². The van der Waals surface area contributed by atoms with Gasteiger partial charge in [0.2, 0.25) is 0 Å². The second kappa shape index (κ2) is 7.50. The molecule has 1 aromatic rings. The van der Waals surface area contributed by atoms with E-state index in [2.05, 4.69) is 0 Å². The topological polar surface area (TPSA) is 87.1 Å². The molecular weight excluding hydrogens is 250 g/mol. The lowest BCUT2D eigenvalue weighted by Crippen LogP contribution is -2.47. The van der Waals surface area contributed by atoms with E-state index in [0.717, 1.165) is 5.06 Å². The third-order valence-corrected chi connectivity index (χ3v) is 2.40. The van der Waals surface area contributed by atoms with E-state index in [1.807, 2.05) is 6.92 Å². The van der Waals surface area contributed by atoms with Crippen molar-refractivity contribution in [2.24, 2.45) is 0 Å². The lowest BCUT2D eigenvalue weighted by molar-refractivity contribution is -0.180. The lowest BCUT2D eigenvalue weighted by atomic mass is 10.2. The Hall–Kier alpha value is -1.92. The number of benzene rings is 1. The van der Waals surface area contributed by atoms with Crippen molar-refractivity contribution in [2.45, 2.75) is 19.4 Å². The van der Waals surface area contributed by atoms with E-state index in [9.17, 15) is 9.59 Å². The highest BCUT2D eigenvalue weighted by atomic mass is 16.7. The van der Waals surface area contributed by atoms with Crippen LogP contribution in [0.1, 0.15) is 23.7 Å². The molecule has 1 unspecified atom stereocenters. The average molecular weight is 267 g/mol.